The van der Waals surface area contributed by atoms with Gasteiger partial charge in [0.15, 0.2) is 0 Å². The highest BCUT2D eigenvalue weighted by molar-refractivity contribution is 9.11. The van der Waals surface area contributed by atoms with Crippen molar-refractivity contribution in [1.82, 2.24) is 9.97 Å². The number of aromatic nitrogens is 2. The van der Waals surface area contributed by atoms with Gasteiger partial charge in [-0.15, -0.1) is 0 Å². The highest BCUT2D eigenvalue weighted by Gasteiger charge is 2.12. The van der Waals surface area contributed by atoms with Crippen LogP contribution in [0.3, 0.4) is 0 Å². The number of nitrogen functional groups attached to an aromatic ring is 1. The van der Waals surface area contributed by atoms with E-state index >= 15 is 0 Å². The number of nitrogens with one attached hydrogen (secondary N) is 1. The van der Waals surface area contributed by atoms with E-state index in [1.54, 1.807) is 6.20 Å². The lowest BCUT2D eigenvalue weighted by Gasteiger charge is -2.15. The summed E-state index contributed by atoms with van der Waals surface area (Å²) in [6.45, 7) is 6.26. The van der Waals surface area contributed by atoms with Crippen LogP contribution in [0.1, 0.15) is 30.9 Å². The zero-order chi connectivity index (χ0) is 14.9. The first-order valence-corrected chi connectivity index (χ1v) is 7.82. The summed E-state index contributed by atoms with van der Waals surface area (Å²) in [6, 6.07) is 4.22. The number of rotatable bonds is 3. The third-order valence-electron chi connectivity index (χ3n) is 2.96. The van der Waals surface area contributed by atoms with Gasteiger partial charge in [-0.3, -0.25) is 0 Å². The van der Waals surface area contributed by atoms with E-state index in [9.17, 15) is 0 Å². The second-order valence-corrected chi connectivity index (χ2v) is 6.61. The summed E-state index contributed by atoms with van der Waals surface area (Å²) in [5.74, 6) is 1.42. The molecule has 0 fully saturated rings. The minimum Gasteiger partial charge on any atom is -0.368 e. The summed E-state index contributed by atoms with van der Waals surface area (Å²) in [6.07, 6.45) is 1.70. The Bertz CT molecular complexity index is 618. The van der Waals surface area contributed by atoms with Crippen LogP contribution in [0, 0.1) is 6.92 Å². The van der Waals surface area contributed by atoms with Crippen molar-refractivity contribution in [3.8, 4) is 0 Å². The maximum atomic E-state index is 5.64. The van der Waals surface area contributed by atoms with Gasteiger partial charge < -0.3 is 11.1 Å². The smallest absolute Gasteiger partial charge is 0.221 e. The second kappa shape index (κ2) is 6.10. The lowest BCUT2D eigenvalue weighted by molar-refractivity contribution is 0.865. The molecule has 2 aromatic rings. The summed E-state index contributed by atoms with van der Waals surface area (Å²) in [5, 5.41) is 3.29. The van der Waals surface area contributed by atoms with Crippen LogP contribution in [0.2, 0.25) is 0 Å². The Morgan fingerprint density at radius 3 is 2.35 bits per heavy atom. The predicted octanol–water partition coefficient (Wildman–Crippen LogP) is 4.76. The van der Waals surface area contributed by atoms with Crippen LogP contribution in [0.4, 0.5) is 17.5 Å². The minimum absolute atomic E-state index is 0.254. The summed E-state index contributed by atoms with van der Waals surface area (Å²) < 4.78 is 1.96. The first-order valence-electron chi connectivity index (χ1n) is 6.23. The lowest BCUT2D eigenvalue weighted by atomic mass is 10.0. The Balaban J connectivity index is 2.41. The first kappa shape index (κ1) is 15.3. The molecule has 6 heteroatoms. The van der Waals surface area contributed by atoms with E-state index in [1.165, 1.54) is 5.56 Å². The van der Waals surface area contributed by atoms with Crippen LogP contribution in [0.25, 0.3) is 0 Å². The molecular formula is C14H16Br2N4. The van der Waals surface area contributed by atoms with Gasteiger partial charge >= 0.3 is 0 Å². The molecule has 0 radical (unpaired) electrons. The molecule has 4 nitrogen and oxygen atoms in total. The number of halogens is 2. The summed E-state index contributed by atoms with van der Waals surface area (Å²) >= 11 is 7.20. The molecule has 0 atom stereocenters. The maximum Gasteiger partial charge on any atom is 0.221 e. The quantitative estimate of drug-likeness (QED) is 0.780. The Hall–Kier alpha value is -1.14. The number of nitrogens with two attached hydrogens (primary N) is 1. The van der Waals surface area contributed by atoms with Crippen molar-refractivity contribution in [3.63, 3.8) is 0 Å². The van der Waals surface area contributed by atoms with E-state index < -0.39 is 0 Å². The van der Waals surface area contributed by atoms with Crippen LogP contribution in [0.5, 0.6) is 0 Å². The molecule has 2 rings (SSSR count). The monoisotopic (exact) mass is 398 g/mol. The van der Waals surface area contributed by atoms with Gasteiger partial charge in [-0.25, -0.2) is 4.98 Å². The first-order chi connectivity index (χ1) is 9.38. The minimum atomic E-state index is 0.254. The second-order valence-electron chi connectivity index (χ2n) is 4.90. The highest BCUT2D eigenvalue weighted by atomic mass is 79.9. The van der Waals surface area contributed by atoms with E-state index in [0.717, 1.165) is 20.2 Å². The van der Waals surface area contributed by atoms with E-state index in [2.05, 4.69) is 73.1 Å². The number of hydrogen-bond donors (Lipinski definition) is 2. The number of anilines is 3. The Morgan fingerprint density at radius 2 is 1.80 bits per heavy atom. The molecule has 0 saturated carbocycles. The number of aryl methyl sites for hydroxylation is 1. The van der Waals surface area contributed by atoms with Gasteiger partial charge in [0.2, 0.25) is 5.95 Å². The number of nitrogens with zero attached hydrogens (tertiary/aromatic N) is 2. The molecule has 0 aliphatic rings. The van der Waals surface area contributed by atoms with Crippen molar-refractivity contribution in [2.75, 3.05) is 11.1 Å². The Labute approximate surface area is 135 Å². The topological polar surface area (TPSA) is 63.8 Å². The molecule has 3 N–H and O–H groups in total. The number of hydrogen-bond acceptors (Lipinski definition) is 4. The third kappa shape index (κ3) is 3.30. The van der Waals surface area contributed by atoms with Crippen LogP contribution >= 0.6 is 31.9 Å². The van der Waals surface area contributed by atoms with Gasteiger partial charge in [0.05, 0.1) is 5.69 Å². The molecule has 1 heterocycles. The molecule has 1 aromatic heterocycles. The van der Waals surface area contributed by atoms with Crippen molar-refractivity contribution in [1.29, 1.82) is 0 Å². The SMILES string of the molecule is Cc1cnc(N)nc1Nc1c(Br)cc(C(C)C)cc1Br. The summed E-state index contributed by atoms with van der Waals surface area (Å²) in [4.78, 5) is 8.19. The molecule has 0 saturated heterocycles. The largest absolute Gasteiger partial charge is 0.368 e. The molecule has 1 aromatic carbocycles. The van der Waals surface area contributed by atoms with Gasteiger partial charge in [0.25, 0.3) is 0 Å². The van der Waals surface area contributed by atoms with E-state index in [0.29, 0.717) is 11.7 Å². The summed E-state index contributed by atoms with van der Waals surface area (Å²) in [7, 11) is 0. The highest BCUT2D eigenvalue weighted by Crippen LogP contribution is 2.36. The van der Waals surface area contributed by atoms with Crippen molar-refractivity contribution in [2.45, 2.75) is 26.7 Å². The van der Waals surface area contributed by atoms with Crippen LogP contribution in [-0.2, 0) is 0 Å². The molecule has 0 amide bonds. The molecule has 20 heavy (non-hydrogen) atoms. The van der Waals surface area contributed by atoms with E-state index in [-0.39, 0.29) is 5.95 Å². The van der Waals surface area contributed by atoms with Crippen molar-refractivity contribution in [3.05, 3.63) is 38.4 Å². The van der Waals surface area contributed by atoms with E-state index in [4.69, 9.17) is 5.73 Å². The van der Waals surface area contributed by atoms with Gasteiger partial charge in [-0.1, -0.05) is 13.8 Å². The molecular weight excluding hydrogens is 384 g/mol. The lowest BCUT2D eigenvalue weighted by Crippen LogP contribution is -2.03. The van der Waals surface area contributed by atoms with Crippen molar-refractivity contribution < 1.29 is 0 Å². The fraction of sp³-hybridized carbons (Fsp3) is 0.286. The zero-order valence-corrected chi connectivity index (χ0v) is 14.7. The predicted molar refractivity (Wildman–Crippen MR) is 90.4 cm³/mol. The Morgan fingerprint density at radius 1 is 1.20 bits per heavy atom. The average Bonchev–Trinajstić information content (AvgIpc) is 2.37. The van der Waals surface area contributed by atoms with Gasteiger partial charge in [-0.05, 0) is 62.4 Å². The molecule has 0 spiro atoms. The normalized spacial score (nSPS) is 10.9. The molecule has 0 aliphatic carbocycles. The molecule has 106 valence electrons. The van der Waals surface area contributed by atoms with E-state index in [1.807, 2.05) is 6.92 Å². The van der Waals surface area contributed by atoms with Crippen molar-refractivity contribution >= 4 is 49.3 Å². The molecule has 0 aliphatic heterocycles. The maximum absolute atomic E-state index is 5.64. The third-order valence-corrected chi connectivity index (χ3v) is 4.22. The number of benzene rings is 1. The average molecular weight is 400 g/mol. The Kier molecular flexibility index (Phi) is 4.65. The van der Waals surface area contributed by atoms with Gasteiger partial charge in [0.1, 0.15) is 5.82 Å². The van der Waals surface area contributed by atoms with Crippen LogP contribution in [0.15, 0.2) is 27.3 Å². The van der Waals surface area contributed by atoms with Crippen LogP contribution in [-0.4, -0.2) is 9.97 Å². The standard InChI is InChI=1S/C14H16Br2N4/c1-7(2)9-4-10(15)12(11(16)5-9)19-13-8(3)6-18-14(17)20-13/h4-7H,1-3H3,(H3,17,18,19,20). The van der Waals surface area contributed by atoms with Crippen LogP contribution < -0.4 is 11.1 Å². The van der Waals surface area contributed by atoms with Gasteiger partial charge in [0, 0.05) is 20.7 Å². The zero-order valence-electron chi connectivity index (χ0n) is 11.5. The fourth-order valence-corrected chi connectivity index (χ4v) is 3.17. The summed E-state index contributed by atoms with van der Waals surface area (Å²) in [5.41, 5.74) is 8.76. The molecule has 0 unspecified atom stereocenters. The van der Waals surface area contributed by atoms with Gasteiger partial charge in [-0.2, -0.15) is 4.98 Å². The fourth-order valence-electron chi connectivity index (χ4n) is 1.75. The molecule has 0 bridgehead atoms. The van der Waals surface area contributed by atoms with Crippen molar-refractivity contribution in [2.24, 2.45) is 0 Å².